The minimum Gasteiger partial charge on any atom is -0.322 e. The van der Waals surface area contributed by atoms with Gasteiger partial charge in [-0.05, 0) is 42.2 Å². The van der Waals surface area contributed by atoms with Crippen LogP contribution in [-0.4, -0.2) is 13.4 Å². The van der Waals surface area contributed by atoms with Crippen molar-refractivity contribution in [2.24, 2.45) is 0 Å². The van der Waals surface area contributed by atoms with Crippen molar-refractivity contribution in [3.05, 3.63) is 75.6 Å². The number of halogens is 3. The normalized spacial score (nSPS) is 17.0. The van der Waals surface area contributed by atoms with Crippen molar-refractivity contribution in [2.45, 2.75) is 30.0 Å². The number of hydrogen-bond donors (Lipinski definition) is 2. The number of rotatable bonds is 3. The van der Waals surface area contributed by atoms with E-state index in [4.69, 9.17) is 0 Å². The van der Waals surface area contributed by atoms with Crippen LogP contribution in [0.1, 0.15) is 29.2 Å². The summed E-state index contributed by atoms with van der Waals surface area (Å²) in [6, 6.07) is 10.7. The lowest BCUT2D eigenvalue weighted by atomic mass is 10.1. The molecule has 0 spiro atoms. The highest BCUT2D eigenvalue weighted by Crippen LogP contribution is 2.35. The molecule has 0 bridgehead atoms. The zero-order chi connectivity index (χ0) is 20.1. The molecule has 9 heteroatoms. The highest BCUT2D eigenvalue weighted by Gasteiger charge is 2.34. The predicted molar refractivity (Wildman–Crippen MR) is 97.4 cm³/mol. The first-order valence-corrected chi connectivity index (χ1v) is 9.98. The quantitative estimate of drug-likeness (QED) is 0.696. The van der Waals surface area contributed by atoms with Crippen LogP contribution in [0.3, 0.4) is 0 Å². The van der Waals surface area contributed by atoms with Crippen LogP contribution in [0.2, 0.25) is 0 Å². The number of sulfonamides is 1. The standard InChI is InChI=1S/C19H15F3N2O3S/c20-19(21,22)15-10-18(25)23-16-8-6-12(9-14(15)16)28(26,27)24-17-7-5-11-3-1-2-4-13(11)17/h1-4,6,8-10,17,24H,5,7H2,(H,23,25). The maximum atomic E-state index is 13.3. The van der Waals surface area contributed by atoms with E-state index in [1.807, 2.05) is 24.3 Å². The van der Waals surface area contributed by atoms with Crippen molar-refractivity contribution >= 4 is 20.9 Å². The van der Waals surface area contributed by atoms with Gasteiger partial charge in [0.05, 0.1) is 10.5 Å². The Hall–Kier alpha value is -2.65. The molecule has 2 aromatic carbocycles. The van der Waals surface area contributed by atoms with Gasteiger partial charge < -0.3 is 4.98 Å². The van der Waals surface area contributed by atoms with Gasteiger partial charge in [-0.25, -0.2) is 13.1 Å². The molecule has 5 nitrogen and oxygen atoms in total. The minimum absolute atomic E-state index is 0.0787. The number of aromatic nitrogens is 1. The lowest BCUT2D eigenvalue weighted by Crippen LogP contribution is -2.27. The monoisotopic (exact) mass is 408 g/mol. The topological polar surface area (TPSA) is 79.0 Å². The van der Waals surface area contributed by atoms with Crippen LogP contribution in [0.25, 0.3) is 10.9 Å². The molecule has 2 N–H and O–H groups in total. The third-order valence-corrected chi connectivity index (χ3v) is 6.33. The van der Waals surface area contributed by atoms with E-state index in [-0.39, 0.29) is 15.8 Å². The van der Waals surface area contributed by atoms with Gasteiger partial charge in [0.15, 0.2) is 0 Å². The summed E-state index contributed by atoms with van der Waals surface area (Å²) in [4.78, 5) is 13.5. The Balaban J connectivity index is 1.76. The summed E-state index contributed by atoms with van der Waals surface area (Å²) in [6.07, 6.45) is -3.49. The average molecular weight is 408 g/mol. The highest BCUT2D eigenvalue weighted by atomic mass is 32.2. The molecule has 4 rings (SSSR count). The number of H-pyrrole nitrogens is 1. The minimum atomic E-state index is -4.79. The lowest BCUT2D eigenvalue weighted by molar-refractivity contribution is -0.136. The van der Waals surface area contributed by atoms with Gasteiger partial charge >= 0.3 is 6.18 Å². The molecule has 0 amide bonds. The van der Waals surface area contributed by atoms with E-state index in [0.717, 1.165) is 23.6 Å². The van der Waals surface area contributed by atoms with E-state index >= 15 is 0 Å². The number of fused-ring (bicyclic) bond motifs is 2. The first-order chi connectivity index (χ1) is 13.1. The third kappa shape index (κ3) is 3.31. The zero-order valence-electron chi connectivity index (χ0n) is 14.4. The molecule has 1 aromatic heterocycles. The Morgan fingerprint density at radius 2 is 1.82 bits per heavy atom. The Morgan fingerprint density at radius 3 is 2.57 bits per heavy atom. The first kappa shape index (κ1) is 18.7. The number of aryl methyl sites for hydroxylation is 1. The van der Waals surface area contributed by atoms with E-state index in [9.17, 15) is 26.4 Å². The SMILES string of the molecule is O=c1cc(C(F)(F)F)c2cc(S(=O)(=O)NC3CCc4ccccc43)ccc2[nH]1. The van der Waals surface area contributed by atoms with Crippen LogP contribution in [0.5, 0.6) is 0 Å². The molecule has 146 valence electrons. The van der Waals surface area contributed by atoms with Gasteiger partial charge in [-0.1, -0.05) is 24.3 Å². The van der Waals surface area contributed by atoms with Crippen molar-refractivity contribution in [3.8, 4) is 0 Å². The molecular weight excluding hydrogens is 393 g/mol. The Kier molecular flexibility index (Phi) is 4.31. The molecule has 1 aliphatic carbocycles. The molecule has 1 unspecified atom stereocenters. The van der Waals surface area contributed by atoms with Crippen molar-refractivity contribution < 1.29 is 21.6 Å². The summed E-state index contributed by atoms with van der Waals surface area (Å²) < 4.78 is 68.1. The van der Waals surface area contributed by atoms with Gasteiger partial charge in [-0.2, -0.15) is 13.2 Å². The van der Waals surface area contributed by atoms with Crippen LogP contribution in [0.4, 0.5) is 13.2 Å². The van der Waals surface area contributed by atoms with Crippen LogP contribution < -0.4 is 10.3 Å². The van der Waals surface area contributed by atoms with Gasteiger partial charge in [-0.15, -0.1) is 0 Å². The molecule has 0 fully saturated rings. The van der Waals surface area contributed by atoms with Crippen LogP contribution in [0, 0.1) is 0 Å². The summed E-state index contributed by atoms with van der Waals surface area (Å²) in [5, 5.41) is -0.373. The second-order valence-corrected chi connectivity index (χ2v) is 8.38. The van der Waals surface area contributed by atoms with Gasteiger partial charge in [0.1, 0.15) is 0 Å². The highest BCUT2D eigenvalue weighted by molar-refractivity contribution is 7.89. The molecule has 0 saturated carbocycles. The summed E-state index contributed by atoms with van der Waals surface area (Å²) in [5.74, 6) is 0. The fourth-order valence-electron chi connectivity index (χ4n) is 3.57. The number of aromatic amines is 1. The second kappa shape index (κ2) is 6.46. The van der Waals surface area contributed by atoms with Crippen molar-refractivity contribution in [1.29, 1.82) is 0 Å². The number of nitrogens with one attached hydrogen (secondary N) is 2. The molecule has 1 atom stereocenters. The third-order valence-electron chi connectivity index (χ3n) is 4.86. The summed E-state index contributed by atoms with van der Waals surface area (Å²) in [6.45, 7) is 0. The van der Waals surface area contributed by atoms with E-state index < -0.39 is 33.4 Å². The largest absolute Gasteiger partial charge is 0.417 e. The predicted octanol–water partition coefficient (Wildman–Crippen LogP) is 3.51. The van der Waals surface area contributed by atoms with Crippen molar-refractivity contribution in [1.82, 2.24) is 9.71 Å². The maximum Gasteiger partial charge on any atom is 0.417 e. The Morgan fingerprint density at radius 1 is 1.07 bits per heavy atom. The Bertz CT molecular complexity index is 1230. The van der Waals surface area contributed by atoms with Gasteiger partial charge in [-0.3, -0.25) is 4.79 Å². The van der Waals surface area contributed by atoms with Gasteiger partial charge in [0.2, 0.25) is 15.6 Å². The first-order valence-electron chi connectivity index (χ1n) is 8.49. The molecule has 0 aliphatic heterocycles. The molecule has 1 heterocycles. The summed E-state index contributed by atoms with van der Waals surface area (Å²) >= 11 is 0. The smallest absolute Gasteiger partial charge is 0.322 e. The van der Waals surface area contributed by atoms with Crippen molar-refractivity contribution in [2.75, 3.05) is 0 Å². The van der Waals surface area contributed by atoms with E-state index in [1.54, 1.807) is 0 Å². The molecule has 0 radical (unpaired) electrons. The molecule has 3 aromatic rings. The molecule has 28 heavy (non-hydrogen) atoms. The van der Waals surface area contributed by atoms with Crippen molar-refractivity contribution in [3.63, 3.8) is 0 Å². The zero-order valence-corrected chi connectivity index (χ0v) is 15.2. The summed E-state index contributed by atoms with van der Waals surface area (Å²) in [5.41, 5.74) is -0.242. The molecule has 1 aliphatic rings. The lowest BCUT2D eigenvalue weighted by Gasteiger charge is -2.16. The van der Waals surface area contributed by atoms with E-state index in [0.29, 0.717) is 12.5 Å². The van der Waals surface area contributed by atoms with Gasteiger partial charge in [0.25, 0.3) is 0 Å². The average Bonchev–Trinajstić information content (AvgIpc) is 3.02. The van der Waals surface area contributed by atoms with Crippen LogP contribution in [0.15, 0.2) is 58.2 Å². The van der Waals surface area contributed by atoms with E-state index in [1.165, 1.54) is 12.1 Å². The molecule has 0 saturated heterocycles. The number of alkyl halides is 3. The Labute approximate surface area is 158 Å². The fraction of sp³-hybridized carbons (Fsp3) is 0.211. The number of benzene rings is 2. The summed E-state index contributed by atoms with van der Waals surface area (Å²) in [7, 11) is -4.06. The van der Waals surface area contributed by atoms with Crippen LogP contribution >= 0.6 is 0 Å². The maximum absolute atomic E-state index is 13.3. The number of hydrogen-bond acceptors (Lipinski definition) is 3. The van der Waals surface area contributed by atoms with Gasteiger partial charge in [0, 0.05) is 23.0 Å². The van der Waals surface area contributed by atoms with Crippen LogP contribution in [-0.2, 0) is 22.6 Å². The molecular formula is C19H15F3N2O3S. The number of pyridine rings is 1. The fourth-order valence-corrected chi connectivity index (χ4v) is 4.85. The second-order valence-electron chi connectivity index (χ2n) is 6.66. The van der Waals surface area contributed by atoms with E-state index in [2.05, 4.69) is 9.71 Å².